The van der Waals surface area contributed by atoms with Gasteiger partial charge in [0.2, 0.25) is 0 Å². The topological polar surface area (TPSA) is 21.3 Å². The van der Waals surface area contributed by atoms with E-state index in [0.29, 0.717) is 13.2 Å². The van der Waals surface area contributed by atoms with Gasteiger partial charge < -0.3 is 10.1 Å². The average molecular weight is 310 g/mol. The van der Waals surface area contributed by atoms with Crippen LogP contribution in [-0.4, -0.2) is 13.2 Å². The molecule has 94 valence electrons. The summed E-state index contributed by atoms with van der Waals surface area (Å²) in [6, 6.07) is 14.0. The van der Waals surface area contributed by atoms with Gasteiger partial charge in [-0.1, -0.05) is 22.0 Å². The molecule has 0 bridgehead atoms. The third-order valence-electron chi connectivity index (χ3n) is 2.34. The normalized spacial score (nSPS) is 10.1. The third kappa shape index (κ3) is 4.04. The molecule has 0 heterocycles. The molecule has 0 aliphatic rings. The molecular formula is C14H13BrFNO. The number of anilines is 1. The molecule has 4 heteroatoms. The fraction of sp³-hybridized carbons (Fsp3) is 0.143. The van der Waals surface area contributed by atoms with Crippen LogP contribution in [0, 0.1) is 5.82 Å². The standard InChI is InChI=1S/C14H13BrFNO/c15-11-2-1-3-14(10-11)18-9-8-17-13-6-4-12(16)5-7-13/h1-7,10,17H,8-9H2. The van der Waals surface area contributed by atoms with Crippen molar-refractivity contribution in [3.63, 3.8) is 0 Å². The van der Waals surface area contributed by atoms with Gasteiger partial charge in [0, 0.05) is 16.7 Å². The largest absolute Gasteiger partial charge is 0.492 e. The summed E-state index contributed by atoms with van der Waals surface area (Å²) < 4.78 is 19.2. The molecule has 0 saturated heterocycles. The Kier molecular flexibility index (Phi) is 4.59. The van der Waals surface area contributed by atoms with Crippen LogP contribution >= 0.6 is 15.9 Å². The lowest BCUT2D eigenvalue weighted by Gasteiger charge is -2.08. The molecule has 0 spiro atoms. The Bertz CT molecular complexity index is 501. The Hall–Kier alpha value is -1.55. The van der Waals surface area contributed by atoms with Gasteiger partial charge in [-0.05, 0) is 42.5 Å². The van der Waals surface area contributed by atoms with E-state index in [4.69, 9.17) is 4.74 Å². The van der Waals surface area contributed by atoms with Crippen LogP contribution in [0.25, 0.3) is 0 Å². The van der Waals surface area contributed by atoms with Crippen molar-refractivity contribution < 1.29 is 9.13 Å². The summed E-state index contributed by atoms with van der Waals surface area (Å²) in [4.78, 5) is 0. The van der Waals surface area contributed by atoms with Crippen LogP contribution in [0.15, 0.2) is 53.0 Å². The minimum absolute atomic E-state index is 0.231. The lowest BCUT2D eigenvalue weighted by molar-refractivity contribution is 0.332. The van der Waals surface area contributed by atoms with E-state index in [0.717, 1.165) is 15.9 Å². The molecule has 2 aromatic rings. The van der Waals surface area contributed by atoms with Gasteiger partial charge >= 0.3 is 0 Å². The van der Waals surface area contributed by atoms with Crippen LogP contribution in [0.3, 0.4) is 0 Å². The van der Waals surface area contributed by atoms with Crippen molar-refractivity contribution in [1.29, 1.82) is 0 Å². The lowest BCUT2D eigenvalue weighted by atomic mass is 10.3. The third-order valence-corrected chi connectivity index (χ3v) is 2.83. The highest BCUT2D eigenvalue weighted by molar-refractivity contribution is 9.10. The smallest absolute Gasteiger partial charge is 0.123 e. The number of benzene rings is 2. The van der Waals surface area contributed by atoms with Crippen molar-refractivity contribution in [2.75, 3.05) is 18.5 Å². The van der Waals surface area contributed by atoms with E-state index < -0.39 is 0 Å². The number of hydrogen-bond acceptors (Lipinski definition) is 2. The highest BCUT2D eigenvalue weighted by Crippen LogP contribution is 2.17. The summed E-state index contributed by atoms with van der Waals surface area (Å²) >= 11 is 3.38. The first-order valence-corrected chi connectivity index (χ1v) is 6.41. The summed E-state index contributed by atoms with van der Waals surface area (Å²) in [6.45, 7) is 1.21. The van der Waals surface area contributed by atoms with Crippen molar-refractivity contribution in [2.45, 2.75) is 0 Å². The zero-order valence-electron chi connectivity index (χ0n) is 9.70. The van der Waals surface area contributed by atoms with Crippen molar-refractivity contribution in [3.8, 4) is 5.75 Å². The Morgan fingerprint density at radius 3 is 2.61 bits per heavy atom. The van der Waals surface area contributed by atoms with Crippen LogP contribution in [0.1, 0.15) is 0 Å². The lowest BCUT2D eigenvalue weighted by Crippen LogP contribution is -2.11. The molecule has 0 atom stereocenters. The van der Waals surface area contributed by atoms with Crippen LogP contribution in [0.4, 0.5) is 10.1 Å². The van der Waals surface area contributed by atoms with E-state index in [9.17, 15) is 4.39 Å². The molecule has 0 radical (unpaired) electrons. The summed E-state index contributed by atoms with van der Waals surface area (Å²) in [6.07, 6.45) is 0. The summed E-state index contributed by atoms with van der Waals surface area (Å²) in [5.74, 6) is 0.594. The molecule has 0 amide bonds. The Morgan fingerprint density at radius 1 is 1.11 bits per heavy atom. The second-order valence-corrected chi connectivity index (χ2v) is 4.66. The molecule has 0 aliphatic carbocycles. The quantitative estimate of drug-likeness (QED) is 0.840. The molecular weight excluding hydrogens is 297 g/mol. The highest BCUT2D eigenvalue weighted by atomic mass is 79.9. The maximum atomic E-state index is 12.7. The van der Waals surface area contributed by atoms with Crippen LogP contribution in [0.5, 0.6) is 5.75 Å². The predicted octanol–water partition coefficient (Wildman–Crippen LogP) is 4.08. The Balaban J connectivity index is 1.74. The molecule has 0 saturated carbocycles. The van der Waals surface area contributed by atoms with Gasteiger partial charge in [0.15, 0.2) is 0 Å². The van der Waals surface area contributed by atoms with E-state index in [1.165, 1.54) is 12.1 Å². The van der Waals surface area contributed by atoms with Crippen molar-refractivity contribution in [2.24, 2.45) is 0 Å². The van der Waals surface area contributed by atoms with Gasteiger partial charge in [-0.2, -0.15) is 0 Å². The molecule has 0 aliphatic heterocycles. The van der Waals surface area contributed by atoms with Crippen LogP contribution < -0.4 is 10.1 Å². The first kappa shape index (κ1) is 12.9. The Labute approximate surface area is 114 Å². The fourth-order valence-corrected chi connectivity index (χ4v) is 1.87. The fourth-order valence-electron chi connectivity index (χ4n) is 1.49. The maximum absolute atomic E-state index is 12.7. The van der Waals surface area contributed by atoms with Crippen molar-refractivity contribution in [3.05, 3.63) is 58.8 Å². The molecule has 0 unspecified atom stereocenters. The van der Waals surface area contributed by atoms with E-state index in [1.807, 2.05) is 24.3 Å². The van der Waals surface area contributed by atoms with E-state index in [2.05, 4.69) is 21.2 Å². The first-order chi connectivity index (χ1) is 8.74. The van der Waals surface area contributed by atoms with E-state index >= 15 is 0 Å². The number of halogens is 2. The molecule has 1 N–H and O–H groups in total. The molecule has 0 aromatic heterocycles. The molecule has 2 aromatic carbocycles. The van der Waals surface area contributed by atoms with Crippen molar-refractivity contribution >= 4 is 21.6 Å². The molecule has 2 rings (SSSR count). The van der Waals surface area contributed by atoms with E-state index in [1.54, 1.807) is 12.1 Å². The van der Waals surface area contributed by atoms with Crippen molar-refractivity contribution in [1.82, 2.24) is 0 Å². The monoisotopic (exact) mass is 309 g/mol. The number of hydrogen-bond donors (Lipinski definition) is 1. The second kappa shape index (κ2) is 6.40. The average Bonchev–Trinajstić information content (AvgIpc) is 2.37. The molecule has 2 nitrogen and oxygen atoms in total. The van der Waals surface area contributed by atoms with Crippen LogP contribution in [-0.2, 0) is 0 Å². The number of rotatable bonds is 5. The van der Waals surface area contributed by atoms with Gasteiger partial charge in [0.25, 0.3) is 0 Å². The van der Waals surface area contributed by atoms with Gasteiger partial charge in [-0.25, -0.2) is 4.39 Å². The van der Waals surface area contributed by atoms with Gasteiger partial charge in [0.05, 0.1) is 0 Å². The minimum Gasteiger partial charge on any atom is -0.492 e. The number of nitrogens with one attached hydrogen (secondary N) is 1. The van der Waals surface area contributed by atoms with Gasteiger partial charge in [-0.15, -0.1) is 0 Å². The summed E-state index contributed by atoms with van der Waals surface area (Å²) in [5, 5.41) is 3.15. The second-order valence-electron chi connectivity index (χ2n) is 3.74. The molecule has 0 fully saturated rings. The SMILES string of the molecule is Fc1ccc(NCCOc2cccc(Br)c2)cc1. The van der Waals surface area contributed by atoms with Gasteiger partial charge in [0.1, 0.15) is 18.2 Å². The van der Waals surface area contributed by atoms with Gasteiger partial charge in [-0.3, -0.25) is 0 Å². The summed E-state index contributed by atoms with van der Waals surface area (Å²) in [7, 11) is 0. The zero-order valence-corrected chi connectivity index (χ0v) is 11.3. The summed E-state index contributed by atoms with van der Waals surface area (Å²) in [5.41, 5.74) is 0.884. The minimum atomic E-state index is -0.231. The number of ether oxygens (including phenoxy) is 1. The first-order valence-electron chi connectivity index (χ1n) is 5.62. The highest BCUT2D eigenvalue weighted by Gasteiger charge is 1.95. The van der Waals surface area contributed by atoms with Crippen LogP contribution in [0.2, 0.25) is 0 Å². The van der Waals surface area contributed by atoms with E-state index in [-0.39, 0.29) is 5.82 Å². The molecule has 18 heavy (non-hydrogen) atoms. The maximum Gasteiger partial charge on any atom is 0.123 e. The zero-order chi connectivity index (χ0) is 12.8. The predicted molar refractivity (Wildman–Crippen MR) is 74.5 cm³/mol. The Morgan fingerprint density at radius 2 is 1.89 bits per heavy atom.